The largest absolute Gasteiger partial charge is 0.381 e. The maximum absolute atomic E-state index is 12.7. The van der Waals surface area contributed by atoms with Gasteiger partial charge in [-0.15, -0.1) is 0 Å². The molecule has 0 spiro atoms. The van der Waals surface area contributed by atoms with Crippen molar-refractivity contribution >= 4 is 11.7 Å². The van der Waals surface area contributed by atoms with Crippen LogP contribution < -0.4 is 5.32 Å². The molecule has 3 heterocycles. The Morgan fingerprint density at radius 2 is 2.00 bits per heavy atom. The molecule has 146 valence electrons. The Bertz CT molecular complexity index is 912. The fourth-order valence-corrected chi connectivity index (χ4v) is 3.57. The number of anilines is 1. The molecule has 1 N–H and O–H groups in total. The maximum atomic E-state index is 12.7. The zero-order chi connectivity index (χ0) is 19.3. The molecule has 1 unspecified atom stereocenters. The third-order valence-electron chi connectivity index (χ3n) is 5.34. The molecule has 1 amide bonds. The number of rotatable bonds is 6. The van der Waals surface area contributed by atoms with E-state index in [-0.39, 0.29) is 11.8 Å². The van der Waals surface area contributed by atoms with Gasteiger partial charge in [0.25, 0.3) is 0 Å². The van der Waals surface area contributed by atoms with Gasteiger partial charge in [-0.05, 0) is 30.9 Å². The minimum atomic E-state index is -0.0481. The second-order valence-electron chi connectivity index (χ2n) is 7.23. The van der Waals surface area contributed by atoms with Crippen LogP contribution in [0.5, 0.6) is 0 Å². The molecule has 1 aliphatic heterocycles. The summed E-state index contributed by atoms with van der Waals surface area (Å²) in [6, 6.07) is 11.8. The van der Waals surface area contributed by atoms with Gasteiger partial charge in [0.05, 0.1) is 24.6 Å². The summed E-state index contributed by atoms with van der Waals surface area (Å²) < 4.78 is 9.03. The molecule has 7 heteroatoms. The van der Waals surface area contributed by atoms with E-state index in [1.807, 2.05) is 60.4 Å². The molecule has 0 saturated carbocycles. The Morgan fingerprint density at radius 3 is 2.79 bits per heavy atom. The fraction of sp³-hybridized carbons (Fsp3) is 0.381. The van der Waals surface area contributed by atoms with Crippen LogP contribution in [0.1, 0.15) is 25.3 Å². The van der Waals surface area contributed by atoms with Gasteiger partial charge in [0.15, 0.2) is 0 Å². The van der Waals surface area contributed by atoms with E-state index in [9.17, 15) is 4.79 Å². The standard InChI is InChI=1S/C21H25N5O2/c1-16(18-8-11-28-12-9-18)21(27)24-20-7-10-22-26(20)15-17-13-23-25(14-17)19-5-3-2-4-6-19/h2-7,10,13-14,16,18H,8-9,11-12,15H2,1H3,(H,24,27). The lowest BCUT2D eigenvalue weighted by Crippen LogP contribution is -2.31. The third-order valence-corrected chi connectivity index (χ3v) is 5.34. The van der Waals surface area contributed by atoms with Crippen LogP contribution in [-0.2, 0) is 16.1 Å². The van der Waals surface area contributed by atoms with Gasteiger partial charge in [0, 0.05) is 37.0 Å². The Labute approximate surface area is 164 Å². The highest BCUT2D eigenvalue weighted by molar-refractivity contribution is 5.91. The number of nitrogens with one attached hydrogen (secondary N) is 1. The third kappa shape index (κ3) is 4.14. The van der Waals surface area contributed by atoms with Gasteiger partial charge < -0.3 is 10.1 Å². The molecular formula is C21H25N5O2. The highest BCUT2D eigenvalue weighted by Crippen LogP contribution is 2.25. The van der Waals surface area contributed by atoms with Crippen LogP contribution in [0.15, 0.2) is 55.0 Å². The molecule has 0 aliphatic carbocycles. The molecule has 1 saturated heterocycles. The summed E-state index contributed by atoms with van der Waals surface area (Å²) in [7, 11) is 0. The van der Waals surface area contributed by atoms with Gasteiger partial charge in [-0.2, -0.15) is 10.2 Å². The SMILES string of the molecule is CC(C(=O)Nc1ccnn1Cc1cnn(-c2ccccc2)c1)C1CCOCC1. The average Bonchev–Trinajstić information content (AvgIpc) is 3.39. The monoisotopic (exact) mass is 379 g/mol. The van der Waals surface area contributed by atoms with Crippen molar-refractivity contribution in [2.75, 3.05) is 18.5 Å². The maximum Gasteiger partial charge on any atom is 0.228 e. The van der Waals surface area contributed by atoms with E-state index in [0.717, 1.165) is 37.3 Å². The number of carbonyl (C=O) groups is 1. The van der Waals surface area contributed by atoms with E-state index in [0.29, 0.717) is 18.3 Å². The molecule has 1 atom stereocenters. The van der Waals surface area contributed by atoms with Crippen molar-refractivity contribution in [2.45, 2.75) is 26.3 Å². The van der Waals surface area contributed by atoms with Crippen molar-refractivity contribution in [3.8, 4) is 5.69 Å². The Kier molecular flexibility index (Phi) is 5.53. The number of carbonyl (C=O) groups excluding carboxylic acids is 1. The van der Waals surface area contributed by atoms with E-state index in [4.69, 9.17) is 4.74 Å². The first kappa shape index (κ1) is 18.4. The van der Waals surface area contributed by atoms with Gasteiger partial charge in [0.2, 0.25) is 5.91 Å². The quantitative estimate of drug-likeness (QED) is 0.714. The van der Waals surface area contributed by atoms with Crippen molar-refractivity contribution in [2.24, 2.45) is 11.8 Å². The molecule has 3 aromatic rings. The van der Waals surface area contributed by atoms with Crippen LogP contribution in [0.25, 0.3) is 5.69 Å². The number of amides is 1. The van der Waals surface area contributed by atoms with Crippen molar-refractivity contribution in [3.05, 3.63) is 60.6 Å². The summed E-state index contributed by atoms with van der Waals surface area (Å²) >= 11 is 0. The highest BCUT2D eigenvalue weighted by atomic mass is 16.5. The lowest BCUT2D eigenvalue weighted by Gasteiger charge is -2.26. The van der Waals surface area contributed by atoms with Gasteiger partial charge in [-0.1, -0.05) is 25.1 Å². The number of benzene rings is 1. The van der Waals surface area contributed by atoms with Gasteiger partial charge >= 0.3 is 0 Å². The summed E-state index contributed by atoms with van der Waals surface area (Å²) in [5.41, 5.74) is 2.02. The second-order valence-corrected chi connectivity index (χ2v) is 7.23. The van der Waals surface area contributed by atoms with Crippen LogP contribution in [0.3, 0.4) is 0 Å². The van der Waals surface area contributed by atoms with E-state index in [2.05, 4.69) is 15.5 Å². The van der Waals surface area contributed by atoms with Crippen LogP contribution in [-0.4, -0.2) is 38.7 Å². The molecular weight excluding hydrogens is 354 g/mol. The smallest absolute Gasteiger partial charge is 0.228 e. The first-order chi connectivity index (χ1) is 13.7. The lowest BCUT2D eigenvalue weighted by atomic mass is 9.87. The molecule has 1 fully saturated rings. The number of aromatic nitrogens is 4. The number of nitrogens with zero attached hydrogens (tertiary/aromatic N) is 4. The normalized spacial score (nSPS) is 16.0. The number of hydrogen-bond acceptors (Lipinski definition) is 4. The molecule has 4 rings (SSSR count). The van der Waals surface area contributed by atoms with Crippen LogP contribution in [0.4, 0.5) is 5.82 Å². The van der Waals surface area contributed by atoms with Crippen molar-refractivity contribution in [1.29, 1.82) is 0 Å². The first-order valence-corrected chi connectivity index (χ1v) is 9.70. The number of ether oxygens (including phenoxy) is 1. The van der Waals surface area contributed by atoms with Gasteiger partial charge in [0.1, 0.15) is 5.82 Å². The van der Waals surface area contributed by atoms with Crippen molar-refractivity contribution < 1.29 is 9.53 Å². The van der Waals surface area contributed by atoms with E-state index >= 15 is 0 Å². The van der Waals surface area contributed by atoms with Crippen LogP contribution in [0, 0.1) is 11.8 Å². The summed E-state index contributed by atoms with van der Waals surface area (Å²) in [6.45, 7) is 4.02. The zero-order valence-electron chi connectivity index (χ0n) is 16.0. The van der Waals surface area contributed by atoms with Gasteiger partial charge in [-0.3, -0.25) is 4.79 Å². The molecule has 2 aromatic heterocycles. The summed E-state index contributed by atoms with van der Waals surface area (Å²) in [4.78, 5) is 12.7. The van der Waals surface area contributed by atoms with Crippen molar-refractivity contribution in [3.63, 3.8) is 0 Å². The zero-order valence-corrected chi connectivity index (χ0v) is 16.0. The van der Waals surface area contributed by atoms with E-state index in [1.54, 1.807) is 10.9 Å². The number of para-hydroxylation sites is 1. The summed E-state index contributed by atoms with van der Waals surface area (Å²) in [5.74, 6) is 1.06. The first-order valence-electron chi connectivity index (χ1n) is 9.70. The molecule has 0 bridgehead atoms. The molecule has 1 aromatic carbocycles. The predicted octanol–water partition coefficient (Wildman–Crippen LogP) is 3.12. The van der Waals surface area contributed by atoms with Crippen LogP contribution >= 0.6 is 0 Å². The average molecular weight is 379 g/mol. The lowest BCUT2D eigenvalue weighted by molar-refractivity contribution is -0.122. The van der Waals surface area contributed by atoms with E-state index < -0.39 is 0 Å². The minimum Gasteiger partial charge on any atom is -0.381 e. The topological polar surface area (TPSA) is 74.0 Å². The molecule has 28 heavy (non-hydrogen) atoms. The van der Waals surface area contributed by atoms with Gasteiger partial charge in [-0.25, -0.2) is 9.36 Å². The molecule has 7 nitrogen and oxygen atoms in total. The predicted molar refractivity (Wildman–Crippen MR) is 106 cm³/mol. The minimum absolute atomic E-state index is 0.0358. The molecule has 0 radical (unpaired) electrons. The second kappa shape index (κ2) is 8.39. The summed E-state index contributed by atoms with van der Waals surface area (Å²) in [6.07, 6.45) is 7.38. The molecule has 1 aliphatic rings. The Balaban J connectivity index is 1.42. The van der Waals surface area contributed by atoms with Crippen molar-refractivity contribution in [1.82, 2.24) is 19.6 Å². The van der Waals surface area contributed by atoms with E-state index in [1.165, 1.54) is 0 Å². The Morgan fingerprint density at radius 1 is 1.21 bits per heavy atom. The number of hydrogen-bond donors (Lipinski definition) is 1. The van der Waals surface area contributed by atoms with Crippen LogP contribution in [0.2, 0.25) is 0 Å². The summed E-state index contributed by atoms with van der Waals surface area (Å²) in [5, 5.41) is 11.8. The Hall–Kier alpha value is -2.93. The highest BCUT2D eigenvalue weighted by Gasteiger charge is 2.26. The fourth-order valence-electron chi connectivity index (χ4n) is 3.57.